The van der Waals surface area contributed by atoms with Crippen LogP contribution in [0.5, 0.6) is 0 Å². The minimum atomic E-state index is -0.951. The van der Waals surface area contributed by atoms with Crippen LogP contribution in [0.3, 0.4) is 0 Å². The van der Waals surface area contributed by atoms with Gasteiger partial charge in [0.15, 0.2) is 11.6 Å². The molecule has 20 heavy (non-hydrogen) atoms. The average Bonchev–Trinajstić information content (AvgIpc) is 2.39. The second kappa shape index (κ2) is 6.09. The number of halogens is 3. The van der Waals surface area contributed by atoms with Crippen molar-refractivity contribution in [2.75, 3.05) is 0 Å². The number of hydrogen-bond acceptors (Lipinski definition) is 2. The van der Waals surface area contributed by atoms with Gasteiger partial charge in [0.1, 0.15) is 0 Å². The molecule has 3 nitrogen and oxygen atoms in total. The molecule has 1 atom stereocenters. The molecule has 0 saturated heterocycles. The number of nitrogens with zero attached hydrogens (tertiary/aromatic N) is 1. The summed E-state index contributed by atoms with van der Waals surface area (Å²) in [4.78, 5) is 15.7. The summed E-state index contributed by atoms with van der Waals surface area (Å²) >= 11 is 3.28. The van der Waals surface area contributed by atoms with Crippen molar-refractivity contribution in [2.45, 2.75) is 12.3 Å². The smallest absolute Gasteiger partial charge is 0.226 e. The summed E-state index contributed by atoms with van der Waals surface area (Å²) in [5.41, 5.74) is 6.34. The Morgan fingerprint density at radius 1 is 1.25 bits per heavy atom. The molecule has 104 valence electrons. The second-order valence-corrected chi connectivity index (χ2v) is 5.22. The largest absolute Gasteiger partial charge is 0.369 e. The lowest BCUT2D eigenvalue weighted by Crippen LogP contribution is -2.24. The van der Waals surface area contributed by atoms with Crippen LogP contribution in [0, 0.1) is 11.6 Å². The zero-order valence-corrected chi connectivity index (χ0v) is 11.9. The number of carbonyl (C=O) groups is 1. The summed E-state index contributed by atoms with van der Waals surface area (Å²) in [5, 5.41) is 0. The molecule has 1 heterocycles. The predicted octanol–water partition coefficient (Wildman–Crippen LogP) is 2.93. The molecule has 0 fully saturated rings. The highest BCUT2D eigenvalue weighted by atomic mass is 79.9. The first kappa shape index (κ1) is 14.6. The molecule has 1 unspecified atom stereocenters. The Balaban J connectivity index is 2.30. The van der Waals surface area contributed by atoms with Crippen LogP contribution in [0.4, 0.5) is 8.78 Å². The Hall–Kier alpha value is -1.82. The lowest BCUT2D eigenvalue weighted by molar-refractivity contribution is -0.119. The molecule has 0 aliphatic heterocycles. The third kappa shape index (κ3) is 3.39. The summed E-state index contributed by atoms with van der Waals surface area (Å²) in [6.07, 6.45) is 1.70. The molecule has 0 bridgehead atoms. The lowest BCUT2D eigenvalue weighted by atomic mass is 9.95. The van der Waals surface area contributed by atoms with Crippen LogP contribution >= 0.6 is 15.9 Å². The number of nitrogens with two attached hydrogens (primary N) is 1. The Morgan fingerprint density at radius 2 is 2.00 bits per heavy atom. The number of primary amides is 1. The number of amides is 1. The van der Waals surface area contributed by atoms with Gasteiger partial charge in [-0.3, -0.25) is 9.78 Å². The molecule has 6 heteroatoms. The molecule has 1 aromatic carbocycles. The van der Waals surface area contributed by atoms with Crippen molar-refractivity contribution in [3.63, 3.8) is 0 Å². The summed E-state index contributed by atoms with van der Waals surface area (Å²) in [6, 6.07) is 6.90. The van der Waals surface area contributed by atoms with Crippen molar-refractivity contribution in [1.82, 2.24) is 4.98 Å². The molecule has 1 amide bonds. The van der Waals surface area contributed by atoms with E-state index in [4.69, 9.17) is 5.73 Å². The first-order chi connectivity index (χ1) is 9.47. The van der Waals surface area contributed by atoms with E-state index in [-0.39, 0.29) is 6.42 Å². The zero-order chi connectivity index (χ0) is 14.7. The fourth-order valence-corrected chi connectivity index (χ4v) is 2.22. The van der Waals surface area contributed by atoms with E-state index in [9.17, 15) is 13.6 Å². The Kier molecular flexibility index (Phi) is 4.44. The van der Waals surface area contributed by atoms with Gasteiger partial charge in [-0.2, -0.15) is 0 Å². The molecule has 2 N–H and O–H groups in total. The zero-order valence-electron chi connectivity index (χ0n) is 10.3. The van der Waals surface area contributed by atoms with E-state index in [1.807, 2.05) is 0 Å². The molecule has 0 aliphatic rings. The van der Waals surface area contributed by atoms with E-state index >= 15 is 0 Å². The third-order valence-electron chi connectivity index (χ3n) is 2.87. The van der Waals surface area contributed by atoms with Crippen LogP contribution in [0.15, 0.2) is 41.0 Å². The summed E-state index contributed by atoms with van der Waals surface area (Å²) in [6.45, 7) is 0. The summed E-state index contributed by atoms with van der Waals surface area (Å²) in [7, 11) is 0. The van der Waals surface area contributed by atoms with E-state index in [0.717, 1.165) is 16.6 Å². The van der Waals surface area contributed by atoms with Crippen molar-refractivity contribution in [3.8, 4) is 0 Å². The number of pyridine rings is 1. The van der Waals surface area contributed by atoms with Crippen LogP contribution in [-0.2, 0) is 11.2 Å². The molecule has 2 rings (SSSR count). The van der Waals surface area contributed by atoms with Crippen molar-refractivity contribution in [3.05, 3.63) is 63.9 Å². The number of rotatable bonds is 4. The monoisotopic (exact) mass is 340 g/mol. The SMILES string of the molecule is NC(=O)C(Cc1ccc(F)c(F)c1)c1cc(Br)ccn1. The number of aromatic nitrogens is 1. The van der Waals surface area contributed by atoms with E-state index in [0.29, 0.717) is 11.3 Å². The first-order valence-corrected chi connectivity index (χ1v) is 6.61. The summed E-state index contributed by atoms with van der Waals surface area (Å²) in [5.74, 6) is -3.14. The van der Waals surface area contributed by atoms with Crippen LogP contribution in [0.25, 0.3) is 0 Å². The minimum Gasteiger partial charge on any atom is -0.369 e. The van der Waals surface area contributed by atoms with Crippen LogP contribution in [0.1, 0.15) is 17.2 Å². The van der Waals surface area contributed by atoms with Gasteiger partial charge < -0.3 is 5.73 Å². The van der Waals surface area contributed by atoms with Gasteiger partial charge in [-0.25, -0.2) is 8.78 Å². The molecule has 0 saturated carbocycles. The normalized spacial score (nSPS) is 12.2. The van der Waals surface area contributed by atoms with Crippen molar-refractivity contribution >= 4 is 21.8 Å². The highest BCUT2D eigenvalue weighted by molar-refractivity contribution is 9.10. The van der Waals surface area contributed by atoms with E-state index < -0.39 is 23.5 Å². The molecule has 0 radical (unpaired) electrons. The van der Waals surface area contributed by atoms with E-state index in [2.05, 4.69) is 20.9 Å². The highest BCUT2D eigenvalue weighted by Gasteiger charge is 2.20. The van der Waals surface area contributed by atoms with E-state index in [1.165, 1.54) is 6.07 Å². The Bertz CT molecular complexity index is 649. The van der Waals surface area contributed by atoms with Gasteiger partial charge >= 0.3 is 0 Å². The first-order valence-electron chi connectivity index (χ1n) is 5.82. The maximum atomic E-state index is 13.2. The van der Waals surface area contributed by atoms with Gasteiger partial charge in [-0.05, 0) is 36.2 Å². The van der Waals surface area contributed by atoms with Gasteiger partial charge in [-0.15, -0.1) is 0 Å². The number of benzene rings is 1. The van der Waals surface area contributed by atoms with Crippen LogP contribution in [0.2, 0.25) is 0 Å². The standard InChI is InChI=1S/C14H11BrF2N2O/c15-9-3-4-19-13(7-9)10(14(18)20)5-8-1-2-11(16)12(17)6-8/h1-4,6-7,10H,5H2,(H2,18,20). The third-order valence-corrected chi connectivity index (χ3v) is 3.36. The molecular formula is C14H11BrF2N2O. The highest BCUT2D eigenvalue weighted by Crippen LogP contribution is 2.22. The van der Waals surface area contributed by atoms with Gasteiger partial charge in [0.2, 0.25) is 5.91 Å². The van der Waals surface area contributed by atoms with Gasteiger partial charge in [0, 0.05) is 10.7 Å². The van der Waals surface area contributed by atoms with Gasteiger partial charge in [0.25, 0.3) is 0 Å². The molecular weight excluding hydrogens is 330 g/mol. The van der Waals surface area contributed by atoms with Gasteiger partial charge in [0.05, 0.1) is 11.6 Å². The molecule has 1 aromatic heterocycles. The summed E-state index contributed by atoms with van der Waals surface area (Å²) < 4.78 is 26.8. The van der Waals surface area contributed by atoms with Crippen molar-refractivity contribution < 1.29 is 13.6 Å². The Labute approximate surface area is 123 Å². The maximum absolute atomic E-state index is 13.2. The fraction of sp³-hybridized carbons (Fsp3) is 0.143. The second-order valence-electron chi connectivity index (χ2n) is 4.31. The predicted molar refractivity (Wildman–Crippen MR) is 73.9 cm³/mol. The van der Waals surface area contributed by atoms with E-state index in [1.54, 1.807) is 18.3 Å². The maximum Gasteiger partial charge on any atom is 0.226 e. The molecule has 0 spiro atoms. The quantitative estimate of drug-likeness (QED) is 0.930. The topological polar surface area (TPSA) is 56.0 Å². The fourth-order valence-electron chi connectivity index (χ4n) is 1.86. The lowest BCUT2D eigenvalue weighted by Gasteiger charge is -2.13. The van der Waals surface area contributed by atoms with Crippen LogP contribution in [-0.4, -0.2) is 10.9 Å². The number of carbonyl (C=O) groups excluding carboxylic acids is 1. The Morgan fingerprint density at radius 3 is 2.60 bits per heavy atom. The molecule has 2 aromatic rings. The minimum absolute atomic E-state index is 0.163. The van der Waals surface area contributed by atoms with Crippen molar-refractivity contribution in [2.24, 2.45) is 5.73 Å². The van der Waals surface area contributed by atoms with Gasteiger partial charge in [-0.1, -0.05) is 22.0 Å². The average molecular weight is 341 g/mol. The number of hydrogen-bond donors (Lipinski definition) is 1. The molecule has 0 aliphatic carbocycles. The van der Waals surface area contributed by atoms with Crippen molar-refractivity contribution in [1.29, 1.82) is 0 Å². The van der Waals surface area contributed by atoms with Crippen LogP contribution < -0.4 is 5.73 Å².